The van der Waals surface area contributed by atoms with Crippen LogP contribution in [-0.2, 0) is 11.3 Å². The summed E-state index contributed by atoms with van der Waals surface area (Å²) < 4.78 is 6.52. The Kier molecular flexibility index (Phi) is 5.82. The molecule has 0 unspecified atom stereocenters. The van der Waals surface area contributed by atoms with Gasteiger partial charge in [-0.05, 0) is 35.9 Å². The van der Waals surface area contributed by atoms with E-state index in [0.29, 0.717) is 5.75 Å². The van der Waals surface area contributed by atoms with Crippen molar-refractivity contribution in [2.75, 3.05) is 32.8 Å². The molecule has 1 fully saturated rings. The number of piperazine rings is 1. The van der Waals surface area contributed by atoms with Gasteiger partial charge in [0, 0.05) is 49.6 Å². The second kappa shape index (κ2) is 8.26. The zero-order chi connectivity index (χ0) is 16.8. The Labute approximate surface area is 150 Å². The highest BCUT2D eigenvalue weighted by atomic mass is 79.9. The van der Waals surface area contributed by atoms with E-state index >= 15 is 0 Å². The second-order valence-electron chi connectivity index (χ2n) is 5.76. The Bertz CT molecular complexity index is 673. The molecule has 0 radical (unpaired) electrons. The minimum atomic E-state index is 0.0403. The molecule has 1 amide bonds. The van der Waals surface area contributed by atoms with Gasteiger partial charge >= 0.3 is 0 Å². The van der Waals surface area contributed by atoms with E-state index in [2.05, 4.69) is 25.8 Å². The highest BCUT2D eigenvalue weighted by Crippen LogP contribution is 2.18. The molecule has 2 heterocycles. The summed E-state index contributed by atoms with van der Waals surface area (Å²) in [4.78, 5) is 20.6. The molecule has 0 spiro atoms. The molecule has 24 heavy (non-hydrogen) atoms. The third-order valence-corrected chi connectivity index (χ3v) is 4.53. The fourth-order valence-corrected chi connectivity index (χ4v) is 3.07. The lowest BCUT2D eigenvalue weighted by Crippen LogP contribution is -2.49. The van der Waals surface area contributed by atoms with Crippen molar-refractivity contribution >= 4 is 21.8 Å². The highest BCUT2D eigenvalue weighted by Gasteiger charge is 2.21. The van der Waals surface area contributed by atoms with Crippen LogP contribution < -0.4 is 4.74 Å². The average Bonchev–Trinajstić information content (AvgIpc) is 2.61. The predicted molar refractivity (Wildman–Crippen MR) is 95.7 cm³/mol. The number of carbonyl (C=O) groups is 1. The van der Waals surface area contributed by atoms with Gasteiger partial charge in [0.15, 0.2) is 6.61 Å². The lowest BCUT2D eigenvalue weighted by molar-refractivity contribution is -0.135. The number of benzene rings is 1. The number of amides is 1. The van der Waals surface area contributed by atoms with Crippen molar-refractivity contribution in [1.82, 2.24) is 14.8 Å². The van der Waals surface area contributed by atoms with Crippen molar-refractivity contribution in [3.8, 4) is 5.75 Å². The maximum Gasteiger partial charge on any atom is 0.260 e. The van der Waals surface area contributed by atoms with Crippen molar-refractivity contribution in [2.24, 2.45) is 0 Å². The van der Waals surface area contributed by atoms with Gasteiger partial charge in [-0.2, -0.15) is 0 Å². The number of carbonyl (C=O) groups excluding carboxylic acids is 1. The Morgan fingerprint density at radius 1 is 1.12 bits per heavy atom. The van der Waals surface area contributed by atoms with Crippen molar-refractivity contribution in [1.29, 1.82) is 0 Å². The Hall–Kier alpha value is -1.92. The number of pyridine rings is 1. The average molecular weight is 390 g/mol. The smallest absolute Gasteiger partial charge is 0.260 e. The van der Waals surface area contributed by atoms with E-state index in [9.17, 15) is 4.79 Å². The van der Waals surface area contributed by atoms with Crippen LogP contribution in [0.3, 0.4) is 0 Å². The summed E-state index contributed by atoms with van der Waals surface area (Å²) in [5, 5.41) is 0. The molecule has 1 aromatic heterocycles. The zero-order valence-corrected chi connectivity index (χ0v) is 15.0. The topological polar surface area (TPSA) is 45.7 Å². The van der Waals surface area contributed by atoms with Crippen LogP contribution in [0, 0.1) is 0 Å². The molecule has 1 aliphatic rings. The summed E-state index contributed by atoms with van der Waals surface area (Å²) in [5.41, 5.74) is 1.25. The van der Waals surface area contributed by atoms with Crippen LogP contribution in [0.2, 0.25) is 0 Å². The molecule has 1 saturated heterocycles. The van der Waals surface area contributed by atoms with E-state index in [-0.39, 0.29) is 12.5 Å². The number of halogens is 1. The first-order valence-electron chi connectivity index (χ1n) is 7.98. The number of aromatic nitrogens is 1. The lowest BCUT2D eigenvalue weighted by atomic mass is 10.2. The second-order valence-corrected chi connectivity index (χ2v) is 6.67. The SMILES string of the molecule is O=C(COc1cccc(Br)c1)N1CCN(Cc2ccncc2)CC1. The third-order valence-electron chi connectivity index (χ3n) is 4.04. The molecule has 0 aliphatic carbocycles. The quantitative estimate of drug-likeness (QED) is 0.788. The number of rotatable bonds is 5. The first-order chi connectivity index (χ1) is 11.7. The molecule has 6 heteroatoms. The van der Waals surface area contributed by atoms with Crippen LogP contribution in [-0.4, -0.2) is 53.5 Å². The normalized spacial score (nSPS) is 15.3. The van der Waals surface area contributed by atoms with Crippen molar-refractivity contribution < 1.29 is 9.53 Å². The van der Waals surface area contributed by atoms with E-state index < -0.39 is 0 Å². The lowest BCUT2D eigenvalue weighted by Gasteiger charge is -2.34. The van der Waals surface area contributed by atoms with Crippen molar-refractivity contribution in [2.45, 2.75) is 6.54 Å². The van der Waals surface area contributed by atoms with Gasteiger partial charge in [0.2, 0.25) is 0 Å². The largest absolute Gasteiger partial charge is 0.484 e. The van der Waals surface area contributed by atoms with Crippen LogP contribution in [0.4, 0.5) is 0 Å². The van der Waals surface area contributed by atoms with Gasteiger partial charge in [0.05, 0.1) is 0 Å². The van der Waals surface area contributed by atoms with Crippen molar-refractivity contribution in [3.63, 3.8) is 0 Å². The summed E-state index contributed by atoms with van der Waals surface area (Å²) in [6.07, 6.45) is 3.63. The molecule has 126 valence electrons. The maximum atomic E-state index is 12.3. The van der Waals surface area contributed by atoms with Gasteiger partial charge in [-0.25, -0.2) is 0 Å². The molecular weight excluding hydrogens is 370 g/mol. The van der Waals surface area contributed by atoms with Crippen LogP contribution in [0.15, 0.2) is 53.3 Å². The van der Waals surface area contributed by atoms with E-state index in [0.717, 1.165) is 37.2 Å². The van der Waals surface area contributed by atoms with E-state index in [1.807, 2.05) is 53.7 Å². The number of hydrogen-bond donors (Lipinski definition) is 0. The summed E-state index contributed by atoms with van der Waals surface area (Å²) in [6.45, 7) is 4.23. The molecule has 1 aromatic carbocycles. The molecule has 0 atom stereocenters. The Morgan fingerprint density at radius 2 is 1.88 bits per heavy atom. The fraction of sp³-hybridized carbons (Fsp3) is 0.333. The van der Waals surface area contributed by atoms with Crippen LogP contribution in [0.5, 0.6) is 5.75 Å². The number of nitrogens with zero attached hydrogens (tertiary/aromatic N) is 3. The summed E-state index contributed by atoms with van der Waals surface area (Å²) in [6, 6.07) is 11.6. The minimum Gasteiger partial charge on any atom is -0.484 e. The van der Waals surface area contributed by atoms with Gasteiger partial charge in [-0.15, -0.1) is 0 Å². The molecule has 5 nitrogen and oxygen atoms in total. The number of ether oxygens (including phenoxy) is 1. The summed E-state index contributed by atoms with van der Waals surface area (Å²) in [7, 11) is 0. The fourth-order valence-electron chi connectivity index (χ4n) is 2.69. The van der Waals surface area contributed by atoms with Gasteiger partial charge in [0.1, 0.15) is 5.75 Å². The van der Waals surface area contributed by atoms with Crippen LogP contribution in [0.25, 0.3) is 0 Å². The monoisotopic (exact) mass is 389 g/mol. The van der Waals surface area contributed by atoms with Crippen LogP contribution >= 0.6 is 15.9 Å². The Morgan fingerprint density at radius 3 is 2.58 bits per heavy atom. The third kappa shape index (κ3) is 4.79. The zero-order valence-electron chi connectivity index (χ0n) is 13.4. The molecule has 2 aromatic rings. The molecule has 0 saturated carbocycles. The molecule has 0 N–H and O–H groups in total. The molecule has 1 aliphatic heterocycles. The summed E-state index contributed by atoms with van der Waals surface area (Å²) >= 11 is 3.39. The van der Waals surface area contributed by atoms with Crippen molar-refractivity contribution in [3.05, 3.63) is 58.8 Å². The van der Waals surface area contributed by atoms with E-state index in [1.165, 1.54) is 5.56 Å². The van der Waals surface area contributed by atoms with Gasteiger partial charge in [0.25, 0.3) is 5.91 Å². The minimum absolute atomic E-state index is 0.0403. The number of hydrogen-bond acceptors (Lipinski definition) is 4. The first kappa shape index (κ1) is 16.9. The van der Waals surface area contributed by atoms with Crippen LogP contribution in [0.1, 0.15) is 5.56 Å². The first-order valence-corrected chi connectivity index (χ1v) is 8.77. The molecule has 0 bridgehead atoms. The molecule has 3 rings (SSSR count). The van der Waals surface area contributed by atoms with Gasteiger partial charge in [-0.1, -0.05) is 22.0 Å². The maximum absolute atomic E-state index is 12.3. The van der Waals surface area contributed by atoms with Gasteiger partial charge < -0.3 is 9.64 Å². The van der Waals surface area contributed by atoms with E-state index in [4.69, 9.17) is 4.74 Å². The molecular formula is C18H20BrN3O2. The van der Waals surface area contributed by atoms with E-state index in [1.54, 1.807) is 0 Å². The summed E-state index contributed by atoms with van der Waals surface area (Å²) in [5.74, 6) is 0.743. The van der Waals surface area contributed by atoms with Gasteiger partial charge in [-0.3, -0.25) is 14.7 Å². The predicted octanol–water partition coefficient (Wildman–Crippen LogP) is 2.57. The highest BCUT2D eigenvalue weighted by molar-refractivity contribution is 9.10. The standard InChI is InChI=1S/C18H20BrN3O2/c19-16-2-1-3-17(12-16)24-14-18(23)22-10-8-21(9-11-22)13-15-4-6-20-7-5-15/h1-7,12H,8-11,13-14H2. The Balaban J connectivity index is 1.43.